The van der Waals surface area contributed by atoms with Gasteiger partial charge in [0, 0.05) is 6.54 Å². The van der Waals surface area contributed by atoms with Gasteiger partial charge in [-0.15, -0.1) is 23.7 Å². The zero-order valence-corrected chi connectivity index (χ0v) is 8.40. The van der Waals surface area contributed by atoms with E-state index >= 15 is 0 Å². The van der Waals surface area contributed by atoms with E-state index in [1.807, 2.05) is 17.5 Å². The minimum absolute atomic E-state index is 0. The van der Waals surface area contributed by atoms with Gasteiger partial charge in [-0.3, -0.25) is 0 Å². The van der Waals surface area contributed by atoms with Crippen LogP contribution in [0.3, 0.4) is 0 Å². The van der Waals surface area contributed by atoms with E-state index in [1.54, 1.807) is 17.6 Å². The van der Waals surface area contributed by atoms with Gasteiger partial charge in [-0.25, -0.2) is 4.98 Å². The summed E-state index contributed by atoms with van der Waals surface area (Å²) in [7, 11) is 0. The molecule has 2 rings (SSSR count). The lowest BCUT2D eigenvalue weighted by atomic mass is 10.4. The second-order valence-electron chi connectivity index (χ2n) is 2.33. The monoisotopic (exact) mass is 216 g/mol. The fourth-order valence-corrected chi connectivity index (χ4v) is 1.57. The minimum atomic E-state index is 0. The first-order valence-electron chi connectivity index (χ1n) is 3.58. The Balaban J connectivity index is 0.000000845. The van der Waals surface area contributed by atoms with E-state index in [4.69, 9.17) is 10.2 Å². The third kappa shape index (κ3) is 2.09. The number of oxazole rings is 1. The van der Waals surface area contributed by atoms with Crippen molar-refractivity contribution in [3.63, 3.8) is 0 Å². The van der Waals surface area contributed by atoms with Gasteiger partial charge in [-0.1, -0.05) is 6.07 Å². The van der Waals surface area contributed by atoms with Crippen molar-refractivity contribution in [2.24, 2.45) is 5.73 Å². The maximum absolute atomic E-state index is 5.40. The molecule has 0 aliphatic carbocycles. The van der Waals surface area contributed by atoms with Gasteiger partial charge in [0.25, 0.3) is 0 Å². The molecular weight excluding hydrogens is 208 g/mol. The third-order valence-electron chi connectivity index (χ3n) is 1.49. The summed E-state index contributed by atoms with van der Waals surface area (Å²) >= 11 is 1.60. The molecule has 0 amide bonds. The van der Waals surface area contributed by atoms with Gasteiger partial charge in [0.05, 0.1) is 10.6 Å². The minimum Gasteiger partial charge on any atom is -0.444 e. The second kappa shape index (κ2) is 4.41. The van der Waals surface area contributed by atoms with E-state index in [2.05, 4.69) is 4.98 Å². The molecule has 0 radical (unpaired) electrons. The molecule has 2 N–H and O–H groups in total. The predicted molar refractivity (Wildman–Crippen MR) is 55.0 cm³/mol. The Hall–Kier alpha value is -0.840. The summed E-state index contributed by atoms with van der Waals surface area (Å²) in [6.45, 7) is 0.425. The van der Waals surface area contributed by atoms with Gasteiger partial charge >= 0.3 is 0 Å². The average molecular weight is 217 g/mol. The molecule has 0 saturated carbocycles. The number of nitrogens with two attached hydrogens (primary N) is 1. The lowest BCUT2D eigenvalue weighted by Gasteiger charge is -1.84. The average Bonchev–Trinajstić information content (AvgIpc) is 2.75. The van der Waals surface area contributed by atoms with E-state index in [1.165, 1.54) is 0 Å². The van der Waals surface area contributed by atoms with Crippen molar-refractivity contribution in [2.75, 3.05) is 0 Å². The van der Waals surface area contributed by atoms with Crippen LogP contribution in [0.5, 0.6) is 0 Å². The number of nitrogens with zero attached hydrogens (tertiary/aromatic N) is 1. The van der Waals surface area contributed by atoms with Gasteiger partial charge < -0.3 is 10.2 Å². The maximum atomic E-state index is 5.40. The Bertz CT molecular complexity index is 358. The van der Waals surface area contributed by atoms with E-state index < -0.39 is 0 Å². The molecule has 0 fully saturated rings. The normalized spacial score (nSPS) is 9.62. The summed E-state index contributed by atoms with van der Waals surface area (Å²) in [5, 5.41) is 1.99. The van der Waals surface area contributed by atoms with Crippen LogP contribution >= 0.6 is 23.7 Å². The van der Waals surface area contributed by atoms with Crippen molar-refractivity contribution >= 4 is 23.7 Å². The molecule has 0 unspecified atom stereocenters. The van der Waals surface area contributed by atoms with Crippen LogP contribution in [-0.2, 0) is 6.54 Å². The molecule has 0 aliphatic rings. The molecule has 0 spiro atoms. The molecule has 0 aromatic carbocycles. The van der Waals surface area contributed by atoms with Crippen LogP contribution in [0.15, 0.2) is 28.2 Å². The molecule has 0 bridgehead atoms. The SMILES string of the molecule is Cl.NCc1coc(-c2cccs2)n1. The van der Waals surface area contributed by atoms with Gasteiger partial charge in [-0.2, -0.15) is 0 Å². The Kier molecular flexibility index (Phi) is 3.48. The van der Waals surface area contributed by atoms with Crippen molar-refractivity contribution in [3.05, 3.63) is 29.5 Å². The predicted octanol–water partition coefficient (Wildman–Crippen LogP) is 2.28. The highest BCUT2D eigenvalue weighted by Crippen LogP contribution is 2.23. The largest absolute Gasteiger partial charge is 0.444 e. The van der Waals surface area contributed by atoms with Gasteiger partial charge in [-0.05, 0) is 11.4 Å². The fourth-order valence-electron chi connectivity index (χ4n) is 0.914. The van der Waals surface area contributed by atoms with Crippen molar-refractivity contribution in [1.29, 1.82) is 0 Å². The Morgan fingerprint density at radius 3 is 2.92 bits per heavy atom. The molecular formula is C8H9ClN2OS. The smallest absolute Gasteiger partial charge is 0.236 e. The van der Waals surface area contributed by atoms with Crippen molar-refractivity contribution < 1.29 is 4.42 Å². The van der Waals surface area contributed by atoms with Crippen LogP contribution in [-0.4, -0.2) is 4.98 Å². The summed E-state index contributed by atoms with van der Waals surface area (Å²) in [4.78, 5) is 5.23. The van der Waals surface area contributed by atoms with Crippen LogP contribution < -0.4 is 5.73 Å². The number of hydrogen-bond acceptors (Lipinski definition) is 4. The Morgan fingerprint density at radius 2 is 2.38 bits per heavy atom. The van der Waals surface area contributed by atoms with Crippen LogP contribution in [0.2, 0.25) is 0 Å². The van der Waals surface area contributed by atoms with E-state index in [9.17, 15) is 0 Å². The van der Waals surface area contributed by atoms with Gasteiger partial charge in [0.2, 0.25) is 5.89 Å². The van der Waals surface area contributed by atoms with Crippen LogP contribution in [0.4, 0.5) is 0 Å². The second-order valence-corrected chi connectivity index (χ2v) is 3.27. The van der Waals surface area contributed by atoms with E-state index in [0.717, 1.165) is 10.6 Å². The summed E-state index contributed by atoms with van der Waals surface area (Å²) in [6.07, 6.45) is 1.59. The Morgan fingerprint density at radius 1 is 1.54 bits per heavy atom. The number of hydrogen-bond donors (Lipinski definition) is 1. The molecule has 2 heterocycles. The van der Waals surface area contributed by atoms with E-state index in [-0.39, 0.29) is 12.4 Å². The molecule has 0 saturated heterocycles. The summed E-state index contributed by atoms with van der Waals surface area (Å²) < 4.78 is 5.22. The topological polar surface area (TPSA) is 52.0 Å². The van der Waals surface area contributed by atoms with Crippen molar-refractivity contribution in [3.8, 4) is 10.8 Å². The molecule has 5 heteroatoms. The first kappa shape index (κ1) is 10.2. The van der Waals surface area contributed by atoms with Gasteiger partial charge in [0.1, 0.15) is 6.26 Å². The summed E-state index contributed by atoms with van der Waals surface area (Å²) in [5.74, 6) is 0.658. The van der Waals surface area contributed by atoms with Crippen LogP contribution in [0, 0.1) is 0 Å². The van der Waals surface area contributed by atoms with Gasteiger partial charge in [0.15, 0.2) is 0 Å². The van der Waals surface area contributed by atoms with Crippen LogP contribution in [0.1, 0.15) is 5.69 Å². The number of thiophene rings is 1. The van der Waals surface area contributed by atoms with Crippen molar-refractivity contribution in [2.45, 2.75) is 6.54 Å². The molecule has 2 aromatic heterocycles. The highest BCUT2D eigenvalue weighted by atomic mass is 35.5. The Labute approximate surface area is 86.0 Å². The molecule has 3 nitrogen and oxygen atoms in total. The third-order valence-corrected chi connectivity index (χ3v) is 2.35. The first-order valence-corrected chi connectivity index (χ1v) is 4.46. The zero-order valence-electron chi connectivity index (χ0n) is 6.77. The summed E-state index contributed by atoms with van der Waals surface area (Å²) in [5.41, 5.74) is 6.19. The lowest BCUT2D eigenvalue weighted by Crippen LogP contribution is -1.95. The lowest BCUT2D eigenvalue weighted by molar-refractivity contribution is 0.574. The zero-order chi connectivity index (χ0) is 8.39. The quantitative estimate of drug-likeness (QED) is 0.838. The summed E-state index contributed by atoms with van der Waals surface area (Å²) in [6, 6.07) is 3.93. The molecule has 13 heavy (non-hydrogen) atoms. The maximum Gasteiger partial charge on any atom is 0.236 e. The molecule has 0 aliphatic heterocycles. The van der Waals surface area contributed by atoms with Crippen LogP contribution in [0.25, 0.3) is 10.8 Å². The highest BCUT2D eigenvalue weighted by molar-refractivity contribution is 7.13. The molecule has 70 valence electrons. The standard InChI is InChI=1S/C8H8N2OS.ClH/c9-4-6-5-11-8(10-6)7-2-1-3-12-7;/h1-3,5H,4,9H2;1H. The molecule has 2 aromatic rings. The first-order chi connectivity index (χ1) is 5.90. The fraction of sp³-hybridized carbons (Fsp3) is 0.125. The van der Waals surface area contributed by atoms with Crippen molar-refractivity contribution in [1.82, 2.24) is 4.98 Å². The number of aromatic nitrogens is 1. The van der Waals surface area contributed by atoms with E-state index in [0.29, 0.717) is 12.4 Å². The number of rotatable bonds is 2. The number of halogens is 1. The highest BCUT2D eigenvalue weighted by Gasteiger charge is 2.05. The molecule has 0 atom stereocenters.